The van der Waals surface area contributed by atoms with Crippen molar-refractivity contribution in [2.24, 2.45) is 7.05 Å². The minimum Gasteiger partial charge on any atom is -0.497 e. The molecule has 0 radical (unpaired) electrons. The van der Waals surface area contributed by atoms with Crippen LogP contribution in [0.3, 0.4) is 0 Å². The van der Waals surface area contributed by atoms with Crippen LogP contribution < -0.4 is 15.1 Å². The van der Waals surface area contributed by atoms with Gasteiger partial charge in [0.25, 0.3) is 0 Å². The molecule has 0 fully saturated rings. The van der Waals surface area contributed by atoms with Crippen molar-refractivity contribution in [1.82, 2.24) is 4.57 Å². The molecule has 0 amide bonds. The minimum absolute atomic E-state index is 0.134. The Bertz CT molecular complexity index is 1620. The fraction of sp³-hybridized carbons (Fsp3) is 0.185. The van der Waals surface area contributed by atoms with Gasteiger partial charge < -0.3 is 18.5 Å². The van der Waals surface area contributed by atoms with Gasteiger partial charge in [-0.3, -0.25) is 4.79 Å². The molecule has 0 aliphatic rings. The number of benzene rings is 3. The first kappa shape index (κ1) is 20.8. The van der Waals surface area contributed by atoms with Crippen LogP contribution in [0.25, 0.3) is 32.6 Å². The zero-order valence-electron chi connectivity index (χ0n) is 18.9. The lowest BCUT2D eigenvalue weighted by Crippen LogP contribution is -2.13. The molecule has 2 aromatic heterocycles. The molecule has 0 atom stereocenters. The van der Waals surface area contributed by atoms with Crippen LogP contribution in [0.4, 0.5) is 0 Å². The molecule has 6 nitrogen and oxygen atoms in total. The first-order valence-electron chi connectivity index (χ1n) is 10.6. The number of aromatic nitrogens is 1. The second-order valence-corrected chi connectivity index (χ2v) is 8.11. The van der Waals surface area contributed by atoms with Gasteiger partial charge in [-0.05, 0) is 55.6 Å². The van der Waals surface area contributed by atoms with E-state index in [4.69, 9.17) is 13.9 Å². The summed E-state index contributed by atoms with van der Waals surface area (Å²) in [5, 5.41) is 3.03. The first-order chi connectivity index (χ1) is 15.9. The molecule has 0 N–H and O–H groups in total. The largest absolute Gasteiger partial charge is 0.497 e. The molecule has 166 valence electrons. The number of methoxy groups -OCH3 is 1. The SMILES string of the molecule is COc1ccc2c(c1)c(C(=O)COc1ccc3c(oc(=O)c4ccccc43)c1C)c(C)n2C. The number of ketones is 1. The predicted octanol–water partition coefficient (Wildman–Crippen LogP) is 5.33. The van der Waals surface area contributed by atoms with Crippen molar-refractivity contribution in [3.63, 3.8) is 0 Å². The van der Waals surface area contributed by atoms with Crippen LogP contribution in [0.15, 0.2) is 63.8 Å². The molecule has 0 spiro atoms. The van der Waals surface area contributed by atoms with E-state index >= 15 is 0 Å². The van der Waals surface area contributed by atoms with E-state index in [1.165, 1.54) is 0 Å². The summed E-state index contributed by atoms with van der Waals surface area (Å²) in [6.45, 7) is 3.61. The third-order valence-corrected chi connectivity index (χ3v) is 6.33. The van der Waals surface area contributed by atoms with Crippen LogP contribution in [-0.2, 0) is 7.05 Å². The Morgan fingerprint density at radius 1 is 0.970 bits per heavy atom. The minimum atomic E-state index is -0.394. The topological polar surface area (TPSA) is 70.7 Å². The van der Waals surface area contributed by atoms with Crippen molar-refractivity contribution in [1.29, 1.82) is 0 Å². The number of carbonyl (C=O) groups excluding carboxylic acids is 1. The van der Waals surface area contributed by atoms with Crippen LogP contribution in [0, 0.1) is 13.8 Å². The van der Waals surface area contributed by atoms with Crippen molar-refractivity contribution in [3.05, 3.63) is 81.8 Å². The summed E-state index contributed by atoms with van der Waals surface area (Å²) in [6.07, 6.45) is 0. The Hall–Kier alpha value is -4.06. The Balaban J connectivity index is 1.51. The van der Waals surface area contributed by atoms with Crippen molar-refractivity contribution in [2.75, 3.05) is 13.7 Å². The van der Waals surface area contributed by atoms with Gasteiger partial charge in [0.05, 0.1) is 12.5 Å². The van der Waals surface area contributed by atoms with Gasteiger partial charge in [0.2, 0.25) is 5.78 Å². The molecular formula is C27H23NO5. The predicted molar refractivity (Wildman–Crippen MR) is 129 cm³/mol. The quantitative estimate of drug-likeness (QED) is 0.210. The van der Waals surface area contributed by atoms with Gasteiger partial charge in [0, 0.05) is 40.2 Å². The lowest BCUT2D eigenvalue weighted by Gasteiger charge is -2.11. The van der Waals surface area contributed by atoms with Gasteiger partial charge in [-0.1, -0.05) is 18.2 Å². The summed E-state index contributed by atoms with van der Waals surface area (Å²) in [4.78, 5) is 25.7. The Kier molecular flexibility index (Phi) is 4.93. The number of aryl methyl sites for hydroxylation is 2. The molecule has 2 heterocycles. The lowest BCUT2D eigenvalue weighted by molar-refractivity contribution is 0.0922. The van der Waals surface area contributed by atoms with Crippen molar-refractivity contribution in [3.8, 4) is 11.5 Å². The van der Waals surface area contributed by atoms with E-state index in [0.717, 1.165) is 27.4 Å². The van der Waals surface area contributed by atoms with Gasteiger partial charge in [-0.15, -0.1) is 0 Å². The van der Waals surface area contributed by atoms with Crippen LogP contribution in [0.2, 0.25) is 0 Å². The van der Waals surface area contributed by atoms with E-state index in [0.29, 0.717) is 33.6 Å². The highest BCUT2D eigenvalue weighted by molar-refractivity contribution is 6.10. The number of ether oxygens (including phenoxy) is 2. The molecular weight excluding hydrogens is 418 g/mol. The third kappa shape index (κ3) is 3.26. The molecule has 0 unspecified atom stereocenters. The molecule has 0 aliphatic heterocycles. The summed E-state index contributed by atoms with van der Waals surface area (Å²) in [5.41, 5.74) is 3.18. The summed E-state index contributed by atoms with van der Waals surface area (Å²) >= 11 is 0. The monoisotopic (exact) mass is 441 g/mol. The number of Topliss-reactive ketones (excluding diaryl/α,β-unsaturated/α-hetero) is 1. The Labute approximate surface area is 189 Å². The molecule has 0 bridgehead atoms. The second kappa shape index (κ2) is 7.81. The molecule has 0 saturated carbocycles. The van der Waals surface area contributed by atoms with E-state index in [1.54, 1.807) is 13.2 Å². The molecule has 0 aliphatic carbocycles. The average Bonchev–Trinajstić information content (AvgIpc) is 3.08. The maximum Gasteiger partial charge on any atom is 0.344 e. The highest BCUT2D eigenvalue weighted by atomic mass is 16.5. The number of rotatable bonds is 5. The first-order valence-corrected chi connectivity index (χ1v) is 10.6. The summed E-state index contributed by atoms with van der Waals surface area (Å²) < 4.78 is 18.9. The van der Waals surface area contributed by atoms with Gasteiger partial charge in [-0.2, -0.15) is 0 Å². The van der Waals surface area contributed by atoms with Crippen molar-refractivity contribution < 1.29 is 18.7 Å². The van der Waals surface area contributed by atoms with E-state index in [9.17, 15) is 9.59 Å². The molecule has 0 saturated heterocycles. The smallest absolute Gasteiger partial charge is 0.344 e. The van der Waals surface area contributed by atoms with E-state index in [2.05, 4.69) is 0 Å². The summed E-state index contributed by atoms with van der Waals surface area (Å²) in [5.74, 6) is 1.06. The van der Waals surface area contributed by atoms with Gasteiger partial charge in [0.1, 0.15) is 17.1 Å². The van der Waals surface area contributed by atoms with Crippen LogP contribution in [-0.4, -0.2) is 24.1 Å². The van der Waals surface area contributed by atoms with Gasteiger partial charge >= 0.3 is 5.63 Å². The number of hydrogen-bond acceptors (Lipinski definition) is 5. The fourth-order valence-corrected chi connectivity index (χ4v) is 4.46. The van der Waals surface area contributed by atoms with Crippen LogP contribution >= 0.6 is 0 Å². The number of hydrogen-bond donors (Lipinski definition) is 0. The number of carbonyl (C=O) groups is 1. The van der Waals surface area contributed by atoms with Crippen molar-refractivity contribution >= 4 is 38.4 Å². The zero-order chi connectivity index (χ0) is 23.3. The Morgan fingerprint density at radius 2 is 1.73 bits per heavy atom. The maximum absolute atomic E-state index is 13.2. The van der Waals surface area contributed by atoms with Crippen LogP contribution in [0.5, 0.6) is 11.5 Å². The molecule has 3 aromatic carbocycles. The standard InChI is InChI=1S/C27H23NO5/c1-15-24(12-10-19-18-7-5-6-8-20(18)27(30)33-26(15)19)32-14-23(29)25-16(2)28(3)22-11-9-17(31-4)13-21(22)25/h5-13H,14H2,1-4H3. The van der Waals surface area contributed by atoms with E-state index in [-0.39, 0.29) is 12.4 Å². The highest BCUT2D eigenvalue weighted by Crippen LogP contribution is 2.32. The van der Waals surface area contributed by atoms with Crippen molar-refractivity contribution in [2.45, 2.75) is 13.8 Å². The second-order valence-electron chi connectivity index (χ2n) is 8.11. The molecule has 5 aromatic rings. The van der Waals surface area contributed by atoms with E-state index < -0.39 is 5.63 Å². The highest BCUT2D eigenvalue weighted by Gasteiger charge is 2.20. The summed E-state index contributed by atoms with van der Waals surface area (Å²) in [7, 11) is 3.53. The maximum atomic E-state index is 13.2. The number of fused-ring (bicyclic) bond motifs is 4. The Morgan fingerprint density at radius 3 is 2.48 bits per heavy atom. The molecule has 6 heteroatoms. The fourth-order valence-electron chi connectivity index (χ4n) is 4.46. The third-order valence-electron chi connectivity index (χ3n) is 6.33. The normalized spacial score (nSPS) is 11.4. The molecule has 5 rings (SSSR count). The van der Waals surface area contributed by atoms with Crippen LogP contribution in [0.1, 0.15) is 21.6 Å². The average molecular weight is 441 g/mol. The number of nitrogens with zero attached hydrogens (tertiary/aromatic N) is 1. The van der Waals surface area contributed by atoms with Gasteiger partial charge in [0.15, 0.2) is 6.61 Å². The van der Waals surface area contributed by atoms with E-state index in [1.807, 2.05) is 74.0 Å². The lowest BCUT2D eigenvalue weighted by atomic mass is 10.0. The zero-order valence-corrected chi connectivity index (χ0v) is 18.9. The molecule has 33 heavy (non-hydrogen) atoms. The van der Waals surface area contributed by atoms with Gasteiger partial charge in [-0.25, -0.2) is 4.79 Å². The summed E-state index contributed by atoms with van der Waals surface area (Å²) in [6, 6.07) is 16.7.